The highest BCUT2D eigenvalue weighted by Crippen LogP contribution is 2.58. The molecular formula is C19H20FNO4S. The van der Waals surface area contributed by atoms with E-state index in [4.69, 9.17) is 4.74 Å². The van der Waals surface area contributed by atoms with Gasteiger partial charge in [-0.25, -0.2) is 4.39 Å². The Labute approximate surface area is 152 Å². The quantitative estimate of drug-likeness (QED) is 0.549. The third kappa shape index (κ3) is 3.78. The van der Waals surface area contributed by atoms with Crippen molar-refractivity contribution in [1.82, 2.24) is 0 Å². The SMILES string of the molecule is COc1ccc(F)cc1[C@@]1(N=Cc2ccccc2)C[C@@H]1CS(=O)(=O)OC. The molecular weight excluding hydrogens is 357 g/mol. The van der Waals surface area contributed by atoms with Crippen LogP contribution < -0.4 is 4.74 Å². The largest absolute Gasteiger partial charge is 0.496 e. The number of hydrogen-bond donors (Lipinski definition) is 0. The maximum Gasteiger partial charge on any atom is 0.267 e. The predicted octanol–water partition coefficient (Wildman–Crippen LogP) is 3.14. The number of nitrogens with zero attached hydrogens (tertiary/aromatic N) is 1. The molecule has 0 aromatic heterocycles. The van der Waals surface area contributed by atoms with Gasteiger partial charge in [-0.2, -0.15) is 8.42 Å². The fraction of sp³-hybridized carbons (Fsp3) is 0.316. The van der Waals surface area contributed by atoms with Crippen molar-refractivity contribution in [2.45, 2.75) is 12.0 Å². The smallest absolute Gasteiger partial charge is 0.267 e. The minimum atomic E-state index is -3.66. The number of rotatable bonds is 7. The van der Waals surface area contributed by atoms with E-state index in [1.807, 2.05) is 30.3 Å². The molecule has 1 saturated carbocycles. The van der Waals surface area contributed by atoms with Crippen LogP contribution in [0.2, 0.25) is 0 Å². The van der Waals surface area contributed by atoms with E-state index in [2.05, 4.69) is 9.18 Å². The minimum absolute atomic E-state index is 0.185. The van der Waals surface area contributed by atoms with Crippen LogP contribution in [0.15, 0.2) is 53.5 Å². The molecule has 3 rings (SSSR count). The van der Waals surface area contributed by atoms with Gasteiger partial charge in [0.15, 0.2) is 0 Å². The lowest BCUT2D eigenvalue weighted by molar-refractivity contribution is 0.391. The maximum absolute atomic E-state index is 13.9. The van der Waals surface area contributed by atoms with E-state index >= 15 is 0 Å². The summed E-state index contributed by atoms with van der Waals surface area (Å²) >= 11 is 0. The lowest BCUT2D eigenvalue weighted by atomic mass is 10.0. The molecule has 26 heavy (non-hydrogen) atoms. The van der Waals surface area contributed by atoms with Crippen molar-refractivity contribution in [3.63, 3.8) is 0 Å². The molecule has 0 radical (unpaired) electrons. The molecule has 5 nitrogen and oxygen atoms in total. The van der Waals surface area contributed by atoms with Gasteiger partial charge in [0.1, 0.15) is 11.6 Å². The fourth-order valence-corrected chi connectivity index (χ4v) is 4.16. The maximum atomic E-state index is 13.9. The van der Waals surface area contributed by atoms with Crippen molar-refractivity contribution in [1.29, 1.82) is 0 Å². The summed E-state index contributed by atoms with van der Waals surface area (Å²) in [6, 6.07) is 13.7. The second-order valence-corrected chi connectivity index (χ2v) is 8.01. The van der Waals surface area contributed by atoms with Crippen LogP contribution in [0.4, 0.5) is 4.39 Å². The third-order valence-electron chi connectivity index (χ3n) is 4.60. The van der Waals surface area contributed by atoms with Gasteiger partial charge in [0.25, 0.3) is 10.1 Å². The average Bonchev–Trinajstić information content (AvgIpc) is 3.33. The van der Waals surface area contributed by atoms with E-state index in [1.165, 1.54) is 25.3 Å². The second kappa shape index (κ2) is 7.17. The van der Waals surface area contributed by atoms with Gasteiger partial charge < -0.3 is 4.74 Å². The molecule has 0 heterocycles. The van der Waals surface area contributed by atoms with E-state index < -0.39 is 21.5 Å². The van der Waals surface area contributed by atoms with Crippen molar-refractivity contribution in [2.75, 3.05) is 20.0 Å². The average molecular weight is 377 g/mol. The Kier molecular flexibility index (Phi) is 5.11. The van der Waals surface area contributed by atoms with Gasteiger partial charge in [-0.05, 0) is 30.2 Å². The molecule has 2 atom stereocenters. The summed E-state index contributed by atoms with van der Waals surface area (Å²) in [6.45, 7) is 0. The highest BCUT2D eigenvalue weighted by atomic mass is 32.2. The molecule has 0 amide bonds. The first-order valence-corrected chi connectivity index (χ1v) is 9.70. The first-order chi connectivity index (χ1) is 12.4. The fourth-order valence-electron chi connectivity index (χ4n) is 3.13. The van der Waals surface area contributed by atoms with Crippen molar-refractivity contribution in [2.24, 2.45) is 10.9 Å². The molecule has 1 aliphatic rings. The summed E-state index contributed by atoms with van der Waals surface area (Å²) in [5.74, 6) is -0.442. The Balaban J connectivity index is 2.02. The summed E-state index contributed by atoms with van der Waals surface area (Å²) in [6.07, 6.45) is 2.16. The van der Waals surface area contributed by atoms with Gasteiger partial charge in [0.05, 0.1) is 25.5 Å². The van der Waals surface area contributed by atoms with Crippen molar-refractivity contribution in [3.8, 4) is 5.75 Å². The zero-order chi connectivity index (χ0) is 18.8. The van der Waals surface area contributed by atoms with Crippen LogP contribution in [0.3, 0.4) is 0 Å². The zero-order valence-electron chi connectivity index (χ0n) is 14.6. The van der Waals surface area contributed by atoms with E-state index in [0.717, 1.165) is 12.7 Å². The molecule has 2 aromatic carbocycles. The molecule has 0 bridgehead atoms. The van der Waals surface area contributed by atoms with Crippen molar-refractivity contribution < 1.29 is 21.7 Å². The molecule has 2 aromatic rings. The van der Waals surface area contributed by atoms with Crippen LogP contribution in [0.1, 0.15) is 17.5 Å². The van der Waals surface area contributed by atoms with Crippen molar-refractivity contribution in [3.05, 3.63) is 65.5 Å². The van der Waals surface area contributed by atoms with Gasteiger partial charge in [0, 0.05) is 17.7 Å². The number of halogens is 1. The van der Waals surface area contributed by atoms with E-state index in [9.17, 15) is 12.8 Å². The predicted molar refractivity (Wildman–Crippen MR) is 97.6 cm³/mol. The zero-order valence-corrected chi connectivity index (χ0v) is 15.4. The Morgan fingerprint density at radius 2 is 1.96 bits per heavy atom. The molecule has 0 aliphatic heterocycles. The Bertz CT molecular complexity index is 914. The molecule has 7 heteroatoms. The number of hydrogen-bond acceptors (Lipinski definition) is 5. The molecule has 0 unspecified atom stereocenters. The molecule has 1 fully saturated rings. The highest BCUT2D eigenvalue weighted by Gasteiger charge is 2.58. The van der Waals surface area contributed by atoms with Gasteiger partial charge in [-0.15, -0.1) is 0 Å². The van der Waals surface area contributed by atoms with Crippen LogP contribution >= 0.6 is 0 Å². The van der Waals surface area contributed by atoms with Gasteiger partial charge in [-0.3, -0.25) is 9.18 Å². The van der Waals surface area contributed by atoms with E-state index in [0.29, 0.717) is 17.7 Å². The van der Waals surface area contributed by atoms with Crippen LogP contribution in [-0.2, 0) is 19.8 Å². The summed E-state index contributed by atoms with van der Waals surface area (Å²) in [5, 5.41) is 0. The first-order valence-electron chi connectivity index (χ1n) is 8.13. The van der Waals surface area contributed by atoms with E-state index in [-0.39, 0.29) is 11.7 Å². The van der Waals surface area contributed by atoms with E-state index in [1.54, 1.807) is 6.21 Å². The van der Waals surface area contributed by atoms with Crippen LogP contribution in [-0.4, -0.2) is 34.6 Å². The summed E-state index contributed by atoms with van der Waals surface area (Å²) in [7, 11) is -1.03. The van der Waals surface area contributed by atoms with Gasteiger partial charge >= 0.3 is 0 Å². The summed E-state index contributed by atoms with van der Waals surface area (Å²) in [5.41, 5.74) is 0.570. The Hall–Kier alpha value is -2.25. The molecule has 0 spiro atoms. The standard InChI is InChI=1S/C19H20FNO4S/c1-24-18-9-8-16(20)10-17(18)19(11-15(19)13-26(22,23)25-2)21-12-14-6-4-3-5-7-14/h3-10,12,15H,11,13H2,1-2H3/t15-,19-/m1/s1. The lowest BCUT2D eigenvalue weighted by Crippen LogP contribution is -2.17. The topological polar surface area (TPSA) is 65.0 Å². The monoisotopic (exact) mass is 377 g/mol. The summed E-state index contributed by atoms with van der Waals surface area (Å²) < 4.78 is 47.6. The van der Waals surface area contributed by atoms with Crippen LogP contribution in [0.25, 0.3) is 0 Å². The molecule has 0 N–H and O–H groups in total. The van der Waals surface area contributed by atoms with Crippen LogP contribution in [0, 0.1) is 11.7 Å². The number of ether oxygens (including phenoxy) is 1. The Morgan fingerprint density at radius 3 is 2.62 bits per heavy atom. The molecule has 138 valence electrons. The van der Waals surface area contributed by atoms with Crippen LogP contribution in [0.5, 0.6) is 5.75 Å². The number of methoxy groups -OCH3 is 1. The lowest BCUT2D eigenvalue weighted by Gasteiger charge is -2.17. The first kappa shape index (κ1) is 18.5. The normalized spacial score (nSPS) is 22.5. The third-order valence-corrected chi connectivity index (χ3v) is 5.92. The Morgan fingerprint density at radius 1 is 1.23 bits per heavy atom. The number of benzene rings is 2. The molecule has 0 saturated heterocycles. The van der Waals surface area contributed by atoms with Crippen molar-refractivity contribution >= 4 is 16.3 Å². The summed E-state index contributed by atoms with van der Waals surface area (Å²) in [4.78, 5) is 4.67. The second-order valence-electron chi connectivity index (χ2n) is 6.23. The highest BCUT2D eigenvalue weighted by molar-refractivity contribution is 7.86. The number of aliphatic imine (C=N–C) groups is 1. The minimum Gasteiger partial charge on any atom is -0.496 e. The molecule has 1 aliphatic carbocycles. The van der Waals surface area contributed by atoms with Gasteiger partial charge in [0.2, 0.25) is 0 Å². The van der Waals surface area contributed by atoms with Gasteiger partial charge in [-0.1, -0.05) is 30.3 Å².